The first-order chi connectivity index (χ1) is 7.63. The molecule has 0 heterocycles. The number of benzene rings is 1. The van der Waals surface area contributed by atoms with Crippen LogP contribution in [0.4, 0.5) is 0 Å². The van der Waals surface area contributed by atoms with Crippen LogP contribution in [0, 0.1) is 0 Å². The molecule has 0 aromatic heterocycles. The monoisotopic (exact) mass is 242 g/mol. The molecule has 4 nitrogen and oxygen atoms in total. The number of halogens is 1. The van der Waals surface area contributed by atoms with E-state index in [1.54, 1.807) is 13.2 Å². The summed E-state index contributed by atoms with van der Waals surface area (Å²) in [6, 6.07) is 5.54. The van der Waals surface area contributed by atoms with Crippen molar-refractivity contribution in [3.8, 4) is 5.75 Å². The molecule has 0 spiro atoms. The molecular formula is C11H15ClN2O2. The van der Waals surface area contributed by atoms with Crippen molar-refractivity contribution in [2.75, 3.05) is 20.2 Å². The average Bonchev–Trinajstić information content (AvgIpc) is 2.25. The first-order valence-electron chi connectivity index (χ1n) is 4.95. The van der Waals surface area contributed by atoms with Gasteiger partial charge in [-0.25, -0.2) is 0 Å². The summed E-state index contributed by atoms with van der Waals surface area (Å²) in [6.45, 7) is 0.850. The molecule has 3 N–H and O–H groups in total. The van der Waals surface area contributed by atoms with E-state index in [4.69, 9.17) is 22.1 Å². The van der Waals surface area contributed by atoms with E-state index in [0.29, 0.717) is 11.6 Å². The second kappa shape index (κ2) is 6.35. The summed E-state index contributed by atoms with van der Waals surface area (Å²) < 4.78 is 5.05. The number of rotatable bonds is 6. The predicted molar refractivity (Wildman–Crippen MR) is 63.8 cm³/mol. The van der Waals surface area contributed by atoms with Crippen LogP contribution in [0.1, 0.15) is 5.56 Å². The maximum Gasteiger partial charge on any atom is 0.231 e. The molecule has 0 saturated carbocycles. The van der Waals surface area contributed by atoms with Gasteiger partial charge in [-0.15, -0.1) is 0 Å². The van der Waals surface area contributed by atoms with Gasteiger partial charge in [0, 0.05) is 5.02 Å². The first kappa shape index (κ1) is 12.8. The lowest BCUT2D eigenvalue weighted by Gasteiger charge is -2.07. The van der Waals surface area contributed by atoms with E-state index in [9.17, 15) is 4.79 Å². The fourth-order valence-corrected chi connectivity index (χ4v) is 1.56. The molecule has 0 aliphatic heterocycles. The number of amides is 1. The second-order valence-electron chi connectivity index (χ2n) is 3.35. The topological polar surface area (TPSA) is 64.3 Å². The average molecular weight is 243 g/mol. The van der Waals surface area contributed by atoms with Crippen LogP contribution in [0.15, 0.2) is 18.2 Å². The fraction of sp³-hybridized carbons (Fsp3) is 0.364. The van der Waals surface area contributed by atoms with E-state index in [2.05, 4.69) is 5.32 Å². The van der Waals surface area contributed by atoms with E-state index in [1.165, 1.54) is 0 Å². The van der Waals surface area contributed by atoms with Gasteiger partial charge in [-0.05, 0) is 30.7 Å². The third-order valence-electron chi connectivity index (χ3n) is 2.13. The molecule has 1 aromatic carbocycles. The number of carbonyl (C=O) groups excluding carboxylic acids is 1. The Morgan fingerprint density at radius 3 is 2.88 bits per heavy atom. The Morgan fingerprint density at radius 2 is 2.31 bits per heavy atom. The van der Waals surface area contributed by atoms with Crippen LogP contribution in [0.3, 0.4) is 0 Å². The van der Waals surface area contributed by atoms with Gasteiger partial charge in [-0.3, -0.25) is 4.79 Å². The predicted octanol–water partition coefficient (Wildman–Crippen LogP) is 0.966. The highest BCUT2D eigenvalue weighted by atomic mass is 35.5. The quantitative estimate of drug-likeness (QED) is 0.731. The van der Waals surface area contributed by atoms with Crippen molar-refractivity contribution in [2.45, 2.75) is 6.42 Å². The first-order valence-corrected chi connectivity index (χ1v) is 5.32. The minimum absolute atomic E-state index is 0.188. The highest BCUT2D eigenvalue weighted by molar-refractivity contribution is 6.31. The summed E-state index contributed by atoms with van der Waals surface area (Å²) in [5, 5.41) is 3.59. The lowest BCUT2D eigenvalue weighted by molar-refractivity contribution is -0.117. The van der Waals surface area contributed by atoms with Crippen molar-refractivity contribution in [3.05, 3.63) is 28.8 Å². The normalized spacial score (nSPS) is 10.1. The van der Waals surface area contributed by atoms with Gasteiger partial charge in [-0.1, -0.05) is 17.7 Å². The zero-order valence-corrected chi connectivity index (χ0v) is 9.88. The molecule has 0 bridgehead atoms. The number of primary amides is 1. The maximum atomic E-state index is 10.5. The Labute approximate surface area is 99.7 Å². The number of hydrogen-bond donors (Lipinski definition) is 2. The lowest BCUT2D eigenvalue weighted by atomic mass is 10.1. The minimum Gasteiger partial charge on any atom is -0.497 e. The highest BCUT2D eigenvalue weighted by Crippen LogP contribution is 2.22. The van der Waals surface area contributed by atoms with Gasteiger partial charge in [0.05, 0.1) is 13.7 Å². The number of nitrogens with one attached hydrogen (secondary N) is 1. The Bertz CT molecular complexity index is 369. The number of hydrogen-bond acceptors (Lipinski definition) is 3. The van der Waals surface area contributed by atoms with E-state index in [0.717, 1.165) is 17.7 Å². The zero-order chi connectivity index (χ0) is 12.0. The van der Waals surface area contributed by atoms with Crippen molar-refractivity contribution >= 4 is 17.5 Å². The van der Waals surface area contributed by atoms with Gasteiger partial charge in [0.2, 0.25) is 5.91 Å². The maximum absolute atomic E-state index is 10.5. The SMILES string of the molecule is COc1ccc(CCNCC(N)=O)c(Cl)c1. The van der Waals surface area contributed by atoms with E-state index >= 15 is 0 Å². The van der Waals surface area contributed by atoms with Crippen molar-refractivity contribution in [1.29, 1.82) is 0 Å². The molecule has 0 aliphatic rings. The molecule has 1 aromatic rings. The van der Waals surface area contributed by atoms with Crippen molar-refractivity contribution < 1.29 is 9.53 Å². The van der Waals surface area contributed by atoms with Crippen molar-refractivity contribution in [3.63, 3.8) is 0 Å². The summed E-state index contributed by atoms with van der Waals surface area (Å²) in [7, 11) is 1.60. The molecular weight excluding hydrogens is 228 g/mol. The summed E-state index contributed by atoms with van der Waals surface area (Å²) >= 11 is 6.05. The molecule has 1 rings (SSSR count). The Kier molecular flexibility index (Phi) is 5.08. The Balaban J connectivity index is 2.45. The molecule has 0 aliphatic carbocycles. The fourth-order valence-electron chi connectivity index (χ4n) is 1.29. The number of ether oxygens (including phenoxy) is 1. The van der Waals surface area contributed by atoms with Crippen molar-refractivity contribution in [1.82, 2.24) is 5.32 Å². The van der Waals surface area contributed by atoms with Crippen LogP contribution in [0.5, 0.6) is 5.75 Å². The third kappa shape index (κ3) is 4.08. The smallest absolute Gasteiger partial charge is 0.231 e. The number of methoxy groups -OCH3 is 1. The van der Waals surface area contributed by atoms with Crippen LogP contribution in [0.2, 0.25) is 5.02 Å². The van der Waals surface area contributed by atoms with Gasteiger partial charge >= 0.3 is 0 Å². The molecule has 1 amide bonds. The summed E-state index contributed by atoms with van der Waals surface area (Å²) in [5.41, 5.74) is 6.01. The van der Waals surface area contributed by atoms with Gasteiger partial charge in [0.25, 0.3) is 0 Å². The molecule has 0 fully saturated rings. The van der Waals surface area contributed by atoms with Gasteiger partial charge < -0.3 is 15.8 Å². The minimum atomic E-state index is -0.360. The van der Waals surface area contributed by atoms with E-state index in [1.807, 2.05) is 12.1 Å². The highest BCUT2D eigenvalue weighted by Gasteiger charge is 2.02. The molecule has 0 unspecified atom stereocenters. The molecule has 88 valence electrons. The summed E-state index contributed by atoms with van der Waals surface area (Å²) in [6.07, 6.45) is 0.746. The second-order valence-corrected chi connectivity index (χ2v) is 3.76. The van der Waals surface area contributed by atoms with E-state index < -0.39 is 0 Å². The largest absolute Gasteiger partial charge is 0.497 e. The van der Waals surface area contributed by atoms with Gasteiger partial charge in [0.15, 0.2) is 0 Å². The van der Waals surface area contributed by atoms with Crippen LogP contribution >= 0.6 is 11.6 Å². The van der Waals surface area contributed by atoms with Gasteiger partial charge in [0.1, 0.15) is 5.75 Å². The third-order valence-corrected chi connectivity index (χ3v) is 2.48. The van der Waals surface area contributed by atoms with Crippen LogP contribution in [-0.4, -0.2) is 26.1 Å². The Morgan fingerprint density at radius 1 is 1.56 bits per heavy atom. The van der Waals surface area contributed by atoms with Crippen molar-refractivity contribution in [2.24, 2.45) is 5.73 Å². The summed E-state index contributed by atoms with van der Waals surface area (Å²) in [4.78, 5) is 10.5. The van der Waals surface area contributed by atoms with E-state index in [-0.39, 0.29) is 12.5 Å². The molecule has 5 heteroatoms. The molecule has 0 radical (unpaired) electrons. The van der Waals surface area contributed by atoms with Gasteiger partial charge in [-0.2, -0.15) is 0 Å². The molecule has 0 saturated heterocycles. The molecule has 16 heavy (non-hydrogen) atoms. The van der Waals surface area contributed by atoms with Crippen LogP contribution < -0.4 is 15.8 Å². The molecule has 0 atom stereocenters. The zero-order valence-electron chi connectivity index (χ0n) is 9.13. The number of carbonyl (C=O) groups is 1. The Hall–Kier alpha value is -1.26. The standard InChI is InChI=1S/C11H15ClN2O2/c1-16-9-3-2-8(10(12)6-9)4-5-14-7-11(13)15/h2-3,6,14H,4-5,7H2,1H3,(H2,13,15). The van der Waals surface area contributed by atoms with Crippen LogP contribution in [-0.2, 0) is 11.2 Å². The number of nitrogens with two attached hydrogens (primary N) is 1. The van der Waals surface area contributed by atoms with Crippen LogP contribution in [0.25, 0.3) is 0 Å². The summed E-state index contributed by atoms with van der Waals surface area (Å²) in [5.74, 6) is 0.375. The lowest BCUT2D eigenvalue weighted by Crippen LogP contribution is -2.29.